The highest BCUT2D eigenvalue weighted by Gasteiger charge is 2.12. The van der Waals surface area contributed by atoms with E-state index in [1.54, 1.807) is 12.1 Å². The summed E-state index contributed by atoms with van der Waals surface area (Å²) in [6, 6.07) is 6.74. The summed E-state index contributed by atoms with van der Waals surface area (Å²) in [5, 5.41) is 4.04. The summed E-state index contributed by atoms with van der Waals surface area (Å²) >= 11 is 1.34. The number of hydrogen-bond acceptors (Lipinski definition) is 4. The number of aryl methyl sites for hydroxylation is 1. The molecule has 2 aromatic rings. The van der Waals surface area contributed by atoms with Crippen LogP contribution in [0.25, 0.3) is 0 Å². The Bertz CT molecular complexity index is 602. The first kappa shape index (κ1) is 14.8. The van der Waals surface area contributed by atoms with E-state index in [0.717, 1.165) is 35.2 Å². The lowest BCUT2D eigenvalue weighted by Crippen LogP contribution is -2.07. The van der Waals surface area contributed by atoms with E-state index >= 15 is 0 Å². The van der Waals surface area contributed by atoms with Gasteiger partial charge in [-0.3, -0.25) is 0 Å². The summed E-state index contributed by atoms with van der Waals surface area (Å²) < 4.78 is 13.8. The first-order valence-electron chi connectivity index (χ1n) is 6.69. The molecule has 0 spiro atoms. The van der Waals surface area contributed by atoms with E-state index in [2.05, 4.69) is 15.3 Å². The van der Waals surface area contributed by atoms with Crippen molar-refractivity contribution in [2.24, 2.45) is 0 Å². The average molecular weight is 291 g/mol. The van der Waals surface area contributed by atoms with Gasteiger partial charge in [0.1, 0.15) is 22.5 Å². The number of halogens is 1. The molecule has 1 N–H and O–H groups in total. The quantitative estimate of drug-likeness (QED) is 0.843. The van der Waals surface area contributed by atoms with Crippen LogP contribution < -0.4 is 5.32 Å². The van der Waals surface area contributed by atoms with Crippen molar-refractivity contribution in [2.75, 3.05) is 11.9 Å². The highest BCUT2D eigenvalue weighted by Crippen LogP contribution is 2.32. The number of rotatable bonds is 5. The van der Waals surface area contributed by atoms with Crippen LogP contribution in [-0.4, -0.2) is 16.5 Å². The van der Waals surface area contributed by atoms with Gasteiger partial charge >= 0.3 is 0 Å². The number of nitrogens with zero attached hydrogens (tertiary/aromatic N) is 2. The molecule has 20 heavy (non-hydrogen) atoms. The van der Waals surface area contributed by atoms with Crippen molar-refractivity contribution in [1.82, 2.24) is 9.97 Å². The zero-order valence-electron chi connectivity index (χ0n) is 11.9. The maximum Gasteiger partial charge on any atom is 0.137 e. The monoisotopic (exact) mass is 291 g/mol. The molecule has 0 unspecified atom stereocenters. The second kappa shape index (κ2) is 6.70. The van der Waals surface area contributed by atoms with E-state index in [4.69, 9.17) is 0 Å². The Morgan fingerprint density at radius 2 is 1.95 bits per heavy atom. The SMILES string of the molecule is CCNc1nc(CC)nc(Sc2ccccc2F)c1C. The van der Waals surface area contributed by atoms with E-state index in [1.165, 1.54) is 17.8 Å². The molecular formula is C15H18FN3S. The van der Waals surface area contributed by atoms with Gasteiger partial charge in [-0.25, -0.2) is 14.4 Å². The molecule has 1 aromatic carbocycles. The molecule has 0 atom stereocenters. The van der Waals surface area contributed by atoms with Crippen LogP contribution >= 0.6 is 11.8 Å². The molecule has 2 rings (SSSR count). The Balaban J connectivity index is 2.40. The lowest BCUT2D eigenvalue weighted by molar-refractivity contribution is 0.602. The Hall–Kier alpha value is -1.62. The molecule has 0 saturated heterocycles. The van der Waals surface area contributed by atoms with Crippen LogP contribution in [-0.2, 0) is 6.42 Å². The Labute approximate surface area is 123 Å². The fourth-order valence-electron chi connectivity index (χ4n) is 1.77. The topological polar surface area (TPSA) is 37.8 Å². The number of nitrogens with one attached hydrogen (secondary N) is 1. The zero-order chi connectivity index (χ0) is 14.5. The molecule has 0 aliphatic rings. The van der Waals surface area contributed by atoms with Crippen LogP contribution in [0, 0.1) is 12.7 Å². The number of hydrogen-bond donors (Lipinski definition) is 1. The fourth-order valence-corrected chi connectivity index (χ4v) is 2.69. The van der Waals surface area contributed by atoms with Crippen molar-refractivity contribution in [3.8, 4) is 0 Å². The highest BCUT2D eigenvalue weighted by atomic mass is 32.2. The van der Waals surface area contributed by atoms with E-state index in [-0.39, 0.29) is 5.82 Å². The highest BCUT2D eigenvalue weighted by molar-refractivity contribution is 7.99. The molecular weight excluding hydrogens is 273 g/mol. The Morgan fingerprint density at radius 1 is 1.20 bits per heavy atom. The van der Waals surface area contributed by atoms with Crippen LogP contribution in [0.2, 0.25) is 0 Å². The van der Waals surface area contributed by atoms with Gasteiger partial charge in [0.2, 0.25) is 0 Å². The maximum absolute atomic E-state index is 13.8. The van der Waals surface area contributed by atoms with Crippen LogP contribution in [0.15, 0.2) is 34.2 Å². The number of aromatic nitrogens is 2. The van der Waals surface area contributed by atoms with Crippen LogP contribution in [0.3, 0.4) is 0 Å². The lowest BCUT2D eigenvalue weighted by atomic mass is 10.3. The van der Waals surface area contributed by atoms with Gasteiger partial charge in [0.05, 0.1) is 0 Å². The molecule has 0 saturated carbocycles. The third-order valence-corrected chi connectivity index (χ3v) is 3.99. The number of benzene rings is 1. The van der Waals surface area contributed by atoms with Gasteiger partial charge in [-0.1, -0.05) is 30.8 Å². The minimum atomic E-state index is -0.224. The molecule has 0 aliphatic heterocycles. The molecule has 0 fully saturated rings. The number of anilines is 1. The molecule has 0 radical (unpaired) electrons. The molecule has 1 heterocycles. The van der Waals surface area contributed by atoms with Gasteiger partial charge in [0.25, 0.3) is 0 Å². The molecule has 0 amide bonds. The van der Waals surface area contributed by atoms with Gasteiger partial charge in [-0.05, 0) is 26.0 Å². The minimum Gasteiger partial charge on any atom is -0.370 e. The van der Waals surface area contributed by atoms with Gasteiger partial charge in [-0.2, -0.15) is 0 Å². The lowest BCUT2D eigenvalue weighted by Gasteiger charge is -2.12. The summed E-state index contributed by atoms with van der Waals surface area (Å²) in [7, 11) is 0. The zero-order valence-corrected chi connectivity index (χ0v) is 12.7. The maximum atomic E-state index is 13.8. The van der Waals surface area contributed by atoms with Crippen molar-refractivity contribution in [3.05, 3.63) is 41.5 Å². The molecule has 1 aromatic heterocycles. The van der Waals surface area contributed by atoms with Crippen molar-refractivity contribution in [1.29, 1.82) is 0 Å². The third kappa shape index (κ3) is 3.28. The second-order valence-corrected chi connectivity index (χ2v) is 5.37. The smallest absolute Gasteiger partial charge is 0.137 e. The van der Waals surface area contributed by atoms with E-state index in [0.29, 0.717) is 4.90 Å². The van der Waals surface area contributed by atoms with E-state index < -0.39 is 0 Å². The fraction of sp³-hybridized carbons (Fsp3) is 0.333. The Kier molecular flexibility index (Phi) is 4.95. The van der Waals surface area contributed by atoms with Gasteiger partial charge < -0.3 is 5.32 Å². The van der Waals surface area contributed by atoms with Crippen LogP contribution in [0.1, 0.15) is 25.2 Å². The molecule has 3 nitrogen and oxygen atoms in total. The molecule has 0 bridgehead atoms. The van der Waals surface area contributed by atoms with Crippen molar-refractivity contribution in [3.63, 3.8) is 0 Å². The van der Waals surface area contributed by atoms with Crippen molar-refractivity contribution < 1.29 is 4.39 Å². The first-order chi connectivity index (χ1) is 9.65. The van der Waals surface area contributed by atoms with Crippen molar-refractivity contribution in [2.45, 2.75) is 37.1 Å². The first-order valence-corrected chi connectivity index (χ1v) is 7.51. The standard InChI is InChI=1S/C15H18FN3S/c1-4-13-18-14(17-5-2)10(3)15(19-13)20-12-9-7-6-8-11(12)16/h6-9H,4-5H2,1-3H3,(H,17,18,19). The minimum absolute atomic E-state index is 0.224. The largest absolute Gasteiger partial charge is 0.370 e. The molecule has 106 valence electrons. The van der Waals surface area contributed by atoms with Crippen molar-refractivity contribution >= 4 is 17.6 Å². The summed E-state index contributed by atoms with van der Waals surface area (Å²) in [6.07, 6.45) is 0.753. The molecule has 5 heteroatoms. The summed E-state index contributed by atoms with van der Waals surface area (Å²) in [5.41, 5.74) is 0.956. The second-order valence-electron chi connectivity index (χ2n) is 4.33. The predicted molar refractivity (Wildman–Crippen MR) is 80.8 cm³/mol. The summed E-state index contributed by atoms with van der Waals surface area (Å²) in [6.45, 7) is 6.79. The Morgan fingerprint density at radius 3 is 2.60 bits per heavy atom. The van der Waals surface area contributed by atoms with Gasteiger partial charge in [-0.15, -0.1) is 0 Å². The average Bonchev–Trinajstić information content (AvgIpc) is 2.45. The van der Waals surface area contributed by atoms with E-state index in [1.807, 2.05) is 26.8 Å². The normalized spacial score (nSPS) is 10.6. The van der Waals surface area contributed by atoms with Gasteiger partial charge in [0, 0.05) is 23.4 Å². The van der Waals surface area contributed by atoms with Crippen LogP contribution in [0.5, 0.6) is 0 Å². The van der Waals surface area contributed by atoms with Crippen LogP contribution in [0.4, 0.5) is 10.2 Å². The summed E-state index contributed by atoms with van der Waals surface area (Å²) in [4.78, 5) is 9.57. The van der Waals surface area contributed by atoms with E-state index in [9.17, 15) is 4.39 Å². The third-order valence-electron chi connectivity index (χ3n) is 2.85. The predicted octanol–water partition coefficient (Wildman–Crippen LogP) is 4.07. The molecule has 0 aliphatic carbocycles. The summed E-state index contributed by atoms with van der Waals surface area (Å²) in [5.74, 6) is 1.38. The van der Waals surface area contributed by atoms with Gasteiger partial charge in [0.15, 0.2) is 0 Å².